The molecule has 0 fully saturated rings. The molecular weight excluding hydrogens is 336 g/mol. The highest BCUT2D eigenvalue weighted by molar-refractivity contribution is 9.10. The molecule has 1 aromatic carbocycles. The Hall–Kier alpha value is -0.983. The van der Waals surface area contributed by atoms with Gasteiger partial charge in [-0.25, -0.2) is 4.68 Å². The molecule has 0 radical (unpaired) electrons. The molecule has 0 aliphatic heterocycles. The van der Waals surface area contributed by atoms with E-state index in [0.29, 0.717) is 19.0 Å². The minimum Gasteiger partial charge on any atom is -0.360 e. The molecule has 0 saturated carbocycles. The molecule has 0 aliphatic carbocycles. The van der Waals surface area contributed by atoms with Crippen LogP contribution in [0.15, 0.2) is 22.7 Å². The molecule has 6 heteroatoms. The highest BCUT2D eigenvalue weighted by Gasteiger charge is 2.14. The zero-order valence-electron chi connectivity index (χ0n) is 12.0. The van der Waals surface area contributed by atoms with Crippen molar-refractivity contribution in [3.05, 3.63) is 28.4 Å². The molecule has 0 bridgehead atoms. The number of hydrogen-bond acceptors (Lipinski definition) is 3. The first-order valence-electron chi connectivity index (χ1n) is 6.60. The number of halogens is 1. The van der Waals surface area contributed by atoms with Gasteiger partial charge in [-0.15, -0.1) is 0 Å². The van der Waals surface area contributed by atoms with Crippen molar-refractivity contribution < 1.29 is 9.53 Å². The molecule has 0 spiro atoms. The number of hydrogen-bond donors (Lipinski definition) is 0. The molecule has 2 rings (SSSR count). The van der Waals surface area contributed by atoms with Gasteiger partial charge in [0.1, 0.15) is 12.4 Å². The molecule has 4 nitrogen and oxygen atoms in total. The Labute approximate surface area is 128 Å². The van der Waals surface area contributed by atoms with Gasteiger partial charge in [0.15, 0.2) is 6.29 Å². The summed E-state index contributed by atoms with van der Waals surface area (Å²) in [5, 5.41) is 5.26. The molecule has 0 N–H and O–H groups in total. The van der Waals surface area contributed by atoms with E-state index in [0.717, 1.165) is 27.7 Å². The van der Waals surface area contributed by atoms with Crippen LogP contribution in [0.3, 0.4) is 0 Å². The van der Waals surface area contributed by atoms with Crippen molar-refractivity contribution in [1.82, 2.24) is 9.78 Å². The predicted octanol–water partition coefficient (Wildman–Crippen LogP) is 3.92. The van der Waals surface area contributed by atoms with Crippen molar-refractivity contribution in [1.29, 1.82) is 0 Å². The van der Waals surface area contributed by atoms with Gasteiger partial charge in [0.05, 0.1) is 5.52 Å². The smallest absolute Gasteiger partial charge is 0.168 e. The summed E-state index contributed by atoms with van der Waals surface area (Å²) in [6.07, 6.45) is 0.837. The van der Waals surface area contributed by atoms with Crippen molar-refractivity contribution in [3.63, 3.8) is 0 Å². The van der Waals surface area contributed by atoms with E-state index in [9.17, 15) is 4.79 Å². The standard InChI is InChI=1S/C14H19BrN2O2Si/c1-20(2,3)7-6-19-10-17-14(9-18)12-8-11(15)4-5-13(12)16-17/h4-5,8-9H,6-7,10H2,1-3H3. The van der Waals surface area contributed by atoms with E-state index in [1.165, 1.54) is 0 Å². The molecule has 0 aliphatic rings. The van der Waals surface area contributed by atoms with Crippen LogP contribution in [0.5, 0.6) is 0 Å². The second kappa shape index (κ2) is 6.20. The fourth-order valence-electron chi connectivity index (χ4n) is 1.88. The summed E-state index contributed by atoms with van der Waals surface area (Å²) >= 11 is 3.41. The number of aldehydes is 1. The van der Waals surface area contributed by atoms with Gasteiger partial charge in [-0.3, -0.25) is 4.79 Å². The van der Waals surface area contributed by atoms with E-state index < -0.39 is 8.07 Å². The molecule has 108 valence electrons. The summed E-state index contributed by atoms with van der Waals surface area (Å²) in [4.78, 5) is 11.3. The lowest BCUT2D eigenvalue weighted by molar-refractivity contribution is 0.0759. The Morgan fingerprint density at radius 3 is 2.80 bits per heavy atom. The Kier molecular flexibility index (Phi) is 4.77. The SMILES string of the molecule is C[Si](C)(C)CCOCn1nc2ccc(Br)cc2c1C=O. The summed E-state index contributed by atoms with van der Waals surface area (Å²) in [7, 11) is -1.09. The summed E-state index contributed by atoms with van der Waals surface area (Å²) in [5.74, 6) is 0. The van der Waals surface area contributed by atoms with E-state index in [-0.39, 0.29) is 0 Å². The van der Waals surface area contributed by atoms with Gasteiger partial charge in [0.2, 0.25) is 0 Å². The van der Waals surface area contributed by atoms with Crippen LogP contribution in [0.1, 0.15) is 10.5 Å². The monoisotopic (exact) mass is 354 g/mol. The van der Waals surface area contributed by atoms with Crippen molar-refractivity contribution in [3.8, 4) is 0 Å². The number of nitrogens with zero attached hydrogens (tertiary/aromatic N) is 2. The summed E-state index contributed by atoms with van der Waals surface area (Å²) in [6.45, 7) is 7.98. The number of rotatable bonds is 6. The number of benzene rings is 1. The maximum Gasteiger partial charge on any atom is 0.168 e. The predicted molar refractivity (Wildman–Crippen MR) is 86.9 cm³/mol. The molecular formula is C14H19BrN2O2Si. The van der Waals surface area contributed by atoms with Gasteiger partial charge in [0, 0.05) is 24.5 Å². The first-order valence-corrected chi connectivity index (χ1v) is 11.1. The zero-order valence-corrected chi connectivity index (χ0v) is 14.6. The molecule has 0 saturated heterocycles. The van der Waals surface area contributed by atoms with Crippen molar-refractivity contribution in [2.24, 2.45) is 0 Å². The fourth-order valence-corrected chi connectivity index (χ4v) is 2.99. The van der Waals surface area contributed by atoms with E-state index >= 15 is 0 Å². The average Bonchev–Trinajstić information content (AvgIpc) is 2.70. The lowest BCUT2D eigenvalue weighted by Crippen LogP contribution is -2.22. The van der Waals surface area contributed by atoms with Crippen molar-refractivity contribution in [2.75, 3.05) is 6.61 Å². The maximum absolute atomic E-state index is 11.3. The van der Waals surface area contributed by atoms with Crippen LogP contribution in [0, 0.1) is 0 Å². The fraction of sp³-hybridized carbons (Fsp3) is 0.429. The van der Waals surface area contributed by atoms with Crippen LogP contribution in [0.25, 0.3) is 10.9 Å². The highest BCUT2D eigenvalue weighted by atomic mass is 79.9. The van der Waals surface area contributed by atoms with Gasteiger partial charge < -0.3 is 4.74 Å². The number of carbonyl (C=O) groups excluding carboxylic acids is 1. The first kappa shape index (κ1) is 15.4. The van der Waals surface area contributed by atoms with Crippen LogP contribution in [-0.4, -0.2) is 30.7 Å². The molecule has 1 aromatic heterocycles. The third kappa shape index (κ3) is 3.77. The van der Waals surface area contributed by atoms with E-state index in [4.69, 9.17) is 4.74 Å². The Balaban J connectivity index is 2.12. The third-order valence-corrected chi connectivity index (χ3v) is 5.26. The van der Waals surface area contributed by atoms with E-state index in [1.54, 1.807) is 4.68 Å². The average molecular weight is 355 g/mol. The number of fused-ring (bicyclic) bond motifs is 1. The molecule has 0 atom stereocenters. The van der Waals surface area contributed by atoms with Crippen LogP contribution in [-0.2, 0) is 11.5 Å². The largest absolute Gasteiger partial charge is 0.360 e. The highest BCUT2D eigenvalue weighted by Crippen LogP contribution is 2.22. The van der Waals surface area contributed by atoms with E-state index in [1.807, 2.05) is 18.2 Å². The Morgan fingerprint density at radius 2 is 2.15 bits per heavy atom. The topological polar surface area (TPSA) is 44.1 Å². The quantitative estimate of drug-likeness (QED) is 0.448. The Bertz CT molecular complexity index is 619. The van der Waals surface area contributed by atoms with Crippen LogP contribution in [0.4, 0.5) is 0 Å². The van der Waals surface area contributed by atoms with Crippen LogP contribution in [0.2, 0.25) is 25.7 Å². The van der Waals surface area contributed by atoms with Gasteiger partial charge in [-0.1, -0.05) is 35.6 Å². The molecule has 0 amide bonds. The second-order valence-electron chi connectivity index (χ2n) is 6.01. The number of ether oxygens (including phenoxy) is 1. The minimum atomic E-state index is -1.09. The minimum absolute atomic E-state index is 0.324. The van der Waals surface area contributed by atoms with Crippen molar-refractivity contribution in [2.45, 2.75) is 32.4 Å². The van der Waals surface area contributed by atoms with Gasteiger partial charge in [-0.05, 0) is 24.2 Å². The maximum atomic E-state index is 11.3. The number of aromatic nitrogens is 2. The second-order valence-corrected chi connectivity index (χ2v) is 12.5. The van der Waals surface area contributed by atoms with Gasteiger partial charge in [0.25, 0.3) is 0 Å². The van der Waals surface area contributed by atoms with Crippen LogP contribution < -0.4 is 0 Å². The molecule has 20 heavy (non-hydrogen) atoms. The Morgan fingerprint density at radius 1 is 1.40 bits per heavy atom. The molecule has 2 aromatic rings. The number of carbonyl (C=O) groups is 1. The zero-order chi connectivity index (χ0) is 14.8. The molecule has 1 heterocycles. The first-order chi connectivity index (χ1) is 9.40. The van der Waals surface area contributed by atoms with Gasteiger partial charge >= 0.3 is 0 Å². The van der Waals surface area contributed by atoms with Crippen molar-refractivity contribution >= 4 is 41.2 Å². The van der Waals surface area contributed by atoms with Gasteiger partial charge in [-0.2, -0.15) is 5.10 Å². The summed E-state index contributed by atoms with van der Waals surface area (Å²) in [6, 6.07) is 6.83. The lowest BCUT2D eigenvalue weighted by atomic mass is 10.2. The normalized spacial score (nSPS) is 12.0. The third-order valence-electron chi connectivity index (χ3n) is 3.06. The molecule has 0 unspecified atom stereocenters. The summed E-state index contributed by atoms with van der Waals surface area (Å²) in [5.41, 5.74) is 1.37. The summed E-state index contributed by atoms with van der Waals surface area (Å²) < 4.78 is 8.23. The lowest BCUT2D eigenvalue weighted by Gasteiger charge is -2.15. The van der Waals surface area contributed by atoms with Crippen LogP contribution >= 0.6 is 15.9 Å². The van der Waals surface area contributed by atoms with E-state index in [2.05, 4.69) is 40.7 Å².